The molecule has 1 fully saturated rings. The minimum Gasteiger partial charge on any atom is -0.504 e. The Labute approximate surface area is 208 Å². The van der Waals surface area contributed by atoms with E-state index in [4.69, 9.17) is 9.47 Å². The average molecular weight is 502 g/mol. The van der Waals surface area contributed by atoms with Crippen molar-refractivity contribution < 1.29 is 29.3 Å². The maximum Gasteiger partial charge on any atom is 0.290 e. The van der Waals surface area contributed by atoms with Crippen LogP contribution in [0.25, 0.3) is 0 Å². The van der Waals surface area contributed by atoms with E-state index < -0.39 is 23.5 Å². The number of aliphatic hydroxyl groups is 1. The molecule has 1 aromatic carbocycles. The third-order valence-electron chi connectivity index (χ3n) is 6.23. The van der Waals surface area contributed by atoms with E-state index in [0.717, 1.165) is 24.6 Å². The summed E-state index contributed by atoms with van der Waals surface area (Å²) in [5.41, 5.74) is 1.18. The standard InChI is InChI=1S/C25H31N3O6S/c1-4-34-19-14-17(6-7-18(19)29)21-20(22(30)24-15(2)26-16(3)35-24)23(31)25(32)28(21)9-5-8-27-10-12-33-13-11-27/h6-7,14,21,29,31H,4-5,8-13H2,1-3H3. The Balaban J connectivity index is 1.68. The molecule has 1 unspecified atom stereocenters. The summed E-state index contributed by atoms with van der Waals surface area (Å²) in [7, 11) is 0. The van der Waals surface area contributed by atoms with Gasteiger partial charge in [0.05, 0.1) is 47.0 Å². The van der Waals surface area contributed by atoms with Gasteiger partial charge >= 0.3 is 0 Å². The summed E-state index contributed by atoms with van der Waals surface area (Å²) in [6.07, 6.45) is 0.673. The summed E-state index contributed by atoms with van der Waals surface area (Å²) in [5, 5.41) is 21.8. The fourth-order valence-electron chi connectivity index (χ4n) is 4.59. The number of aromatic nitrogens is 1. The molecule has 4 rings (SSSR count). The first-order valence-electron chi connectivity index (χ1n) is 11.8. The highest BCUT2D eigenvalue weighted by molar-refractivity contribution is 7.14. The van der Waals surface area contributed by atoms with Gasteiger partial charge in [0.1, 0.15) is 0 Å². The van der Waals surface area contributed by atoms with E-state index in [0.29, 0.717) is 48.9 Å². The van der Waals surface area contributed by atoms with Crippen molar-refractivity contribution in [2.75, 3.05) is 46.0 Å². The van der Waals surface area contributed by atoms with Crippen LogP contribution in [0.15, 0.2) is 29.5 Å². The van der Waals surface area contributed by atoms with E-state index in [1.54, 1.807) is 26.0 Å². The maximum atomic E-state index is 13.6. The van der Waals surface area contributed by atoms with E-state index in [1.165, 1.54) is 22.3 Å². The van der Waals surface area contributed by atoms with Crippen LogP contribution < -0.4 is 4.74 Å². The Kier molecular flexibility index (Phi) is 7.73. The van der Waals surface area contributed by atoms with Crippen molar-refractivity contribution in [1.82, 2.24) is 14.8 Å². The molecule has 10 heteroatoms. The number of phenolic OH excluding ortho intramolecular Hbond substituents is 1. The van der Waals surface area contributed by atoms with Crippen molar-refractivity contribution in [1.29, 1.82) is 0 Å². The monoisotopic (exact) mass is 501 g/mol. The Hall–Kier alpha value is -2.95. The normalized spacial score (nSPS) is 19.0. The number of ketones is 1. The summed E-state index contributed by atoms with van der Waals surface area (Å²) in [6, 6.07) is 3.96. The van der Waals surface area contributed by atoms with Crippen molar-refractivity contribution in [2.45, 2.75) is 33.2 Å². The van der Waals surface area contributed by atoms with Gasteiger partial charge in [-0.3, -0.25) is 14.5 Å². The number of morpholine rings is 1. The fourth-order valence-corrected chi connectivity index (χ4v) is 5.46. The molecular weight excluding hydrogens is 470 g/mol. The molecule has 35 heavy (non-hydrogen) atoms. The van der Waals surface area contributed by atoms with Crippen LogP contribution in [0.4, 0.5) is 0 Å². The zero-order valence-electron chi connectivity index (χ0n) is 20.2. The number of carbonyl (C=O) groups is 2. The number of aliphatic hydroxyl groups excluding tert-OH is 1. The van der Waals surface area contributed by atoms with Gasteiger partial charge in [0.2, 0.25) is 5.78 Å². The smallest absolute Gasteiger partial charge is 0.290 e. The number of Topliss-reactive ketones (excluding diaryl/α,β-unsaturated/α-hetero) is 1. The quantitative estimate of drug-likeness (QED) is 0.504. The molecule has 188 valence electrons. The van der Waals surface area contributed by atoms with Crippen molar-refractivity contribution in [2.24, 2.45) is 0 Å². The van der Waals surface area contributed by atoms with Crippen LogP contribution in [-0.4, -0.2) is 82.7 Å². The molecule has 9 nitrogen and oxygen atoms in total. The number of ether oxygens (including phenoxy) is 2. The molecule has 2 N–H and O–H groups in total. The summed E-state index contributed by atoms with van der Waals surface area (Å²) in [5.74, 6) is -1.30. The van der Waals surface area contributed by atoms with Crippen LogP contribution in [0.1, 0.15) is 45.3 Å². The van der Waals surface area contributed by atoms with Gasteiger partial charge in [0.25, 0.3) is 5.91 Å². The van der Waals surface area contributed by atoms with Crippen LogP contribution >= 0.6 is 11.3 Å². The molecule has 2 aliphatic heterocycles. The molecule has 1 aromatic heterocycles. The van der Waals surface area contributed by atoms with E-state index in [9.17, 15) is 19.8 Å². The number of hydrogen-bond acceptors (Lipinski definition) is 9. The summed E-state index contributed by atoms with van der Waals surface area (Å²) < 4.78 is 10.9. The number of hydrogen-bond donors (Lipinski definition) is 2. The Morgan fingerprint density at radius 2 is 1.97 bits per heavy atom. The highest BCUT2D eigenvalue weighted by atomic mass is 32.1. The summed E-state index contributed by atoms with van der Waals surface area (Å²) >= 11 is 1.24. The van der Waals surface area contributed by atoms with Crippen LogP contribution in [-0.2, 0) is 9.53 Å². The highest BCUT2D eigenvalue weighted by Gasteiger charge is 2.44. The van der Waals surface area contributed by atoms with Gasteiger partial charge in [-0.15, -0.1) is 11.3 Å². The van der Waals surface area contributed by atoms with Crippen molar-refractivity contribution >= 4 is 23.0 Å². The van der Waals surface area contributed by atoms with E-state index in [2.05, 4.69) is 9.88 Å². The van der Waals surface area contributed by atoms with Gasteiger partial charge in [-0.1, -0.05) is 6.07 Å². The molecule has 0 saturated carbocycles. The van der Waals surface area contributed by atoms with Crippen LogP contribution in [0.5, 0.6) is 11.5 Å². The van der Waals surface area contributed by atoms with Gasteiger partial charge in [-0.2, -0.15) is 0 Å². The number of nitrogens with zero attached hydrogens (tertiary/aromatic N) is 3. The van der Waals surface area contributed by atoms with Crippen molar-refractivity contribution in [3.8, 4) is 11.5 Å². The molecule has 1 saturated heterocycles. The van der Waals surface area contributed by atoms with Gasteiger partial charge in [-0.25, -0.2) is 4.98 Å². The van der Waals surface area contributed by atoms with Crippen molar-refractivity contribution in [3.05, 3.63) is 50.7 Å². The van der Waals surface area contributed by atoms with Gasteiger partial charge < -0.3 is 24.6 Å². The lowest BCUT2D eigenvalue weighted by Crippen LogP contribution is -2.39. The van der Waals surface area contributed by atoms with Crippen LogP contribution in [0.2, 0.25) is 0 Å². The van der Waals surface area contributed by atoms with E-state index in [-0.39, 0.29) is 17.1 Å². The first-order valence-corrected chi connectivity index (χ1v) is 12.6. The first kappa shape index (κ1) is 25.2. The first-order chi connectivity index (χ1) is 16.8. The lowest BCUT2D eigenvalue weighted by Gasteiger charge is -2.30. The van der Waals surface area contributed by atoms with Crippen LogP contribution in [0, 0.1) is 13.8 Å². The second-order valence-corrected chi connectivity index (χ2v) is 9.81. The molecule has 2 aliphatic rings. The highest BCUT2D eigenvalue weighted by Crippen LogP contribution is 2.42. The number of aromatic hydroxyl groups is 1. The molecule has 1 amide bonds. The second kappa shape index (κ2) is 10.8. The molecule has 0 spiro atoms. The second-order valence-electron chi connectivity index (χ2n) is 8.61. The number of aryl methyl sites for hydroxylation is 2. The third kappa shape index (κ3) is 5.19. The maximum absolute atomic E-state index is 13.6. The minimum absolute atomic E-state index is 0.0289. The topological polar surface area (TPSA) is 112 Å². The molecule has 0 aliphatic carbocycles. The molecule has 2 aromatic rings. The third-order valence-corrected chi connectivity index (χ3v) is 7.31. The molecule has 1 atom stereocenters. The Morgan fingerprint density at radius 3 is 2.63 bits per heavy atom. The van der Waals surface area contributed by atoms with Crippen LogP contribution in [0.3, 0.4) is 0 Å². The zero-order valence-corrected chi connectivity index (χ0v) is 21.1. The molecule has 0 bridgehead atoms. The Bertz CT molecular complexity index is 1140. The lowest BCUT2D eigenvalue weighted by atomic mass is 9.94. The SMILES string of the molecule is CCOc1cc(C2C(C(=O)c3sc(C)nc3C)=C(O)C(=O)N2CCCN2CCOCC2)ccc1O. The van der Waals surface area contributed by atoms with E-state index >= 15 is 0 Å². The number of phenols is 1. The Morgan fingerprint density at radius 1 is 1.23 bits per heavy atom. The van der Waals surface area contributed by atoms with E-state index in [1.807, 2.05) is 6.92 Å². The fraction of sp³-hybridized carbons (Fsp3) is 0.480. The van der Waals surface area contributed by atoms with Gasteiger partial charge in [-0.05, 0) is 44.9 Å². The van der Waals surface area contributed by atoms with Gasteiger partial charge in [0.15, 0.2) is 17.3 Å². The zero-order chi connectivity index (χ0) is 25.1. The number of carbonyl (C=O) groups excluding carboxylic acids is 2. The molecular formula is C25H31N3O6S. The predicted octanol–water partition coefficient (Wildman–Crippen LogP) is 3.16. The minimum atomic E-state index is -0.804. The summed E-state index contributed by atoms with van der Waals surface area (Å²) in [4.78, 5) is 35.4. The van der Waals surface area contributed by atoms with Gasteiger partial charge in [0, 0.05) is 26.2 Å². The average Bonchev–Trinajstić information content (AvgIpc) is 3.31. The number of amides is 1. The van der Waals surface area contributed by atoms with Crippen molar-refractivity contribution in [3.63, 3.8) is 0 Å². The summed E-state index contributed by atoms with van der Waals surface area (Å²) in [6.45, 7) is 9.88. The molecule has 0 radical (unpaired) electrons. The number of thiazole rings is 1. The number of benzene rings is 1. The number of rotatable bonds is 9. The largest absolute Gasteiger partial charge is 0.504 e. The lowest BCUT2D eigenvalue weighted by molar-refractivity contribution is -0.129. The molecule has 3 heterocycles. The predicted molar refractivity (Wildman–Crippen MR) is 131 cm³/mol.